The van der Waals surface area contributed by atoms with Crippen LogP contribution in [-0.2, 0) is 4.79 Å². The minimum absolute atomic E-state index is 0.0600. The van der Waals surface area contributed by atoms with E-state index in [0.29, 0.717) is 6.42 Å². The largest absolute Gasteiger partial charge is 0.337 e. The van der Waals surface area contributed by atoms with Gasteiger partial charge in [-0.2, -0.15) is 0 Å². The highest BCUT2D eigenvalue weighted by Crippen LogP contribution is 2.35. The van der Waals surface area contributed by atoms with Gasteiger partial charge in [-0.25, -0.2) is 0 Å². The van der Waals surface area contributed by atoms with Crippen molar-refractivity contribution in [2.24, 2.45) is 5.73 Å². The van der Waals surface area contributed by atoms with Gasteiger partial charge in [-0.15, -0.1) is 11.3 Å². The van der Waals surface area contributed by atoms with E-state index in [-0.39, 0.29) is 18.0 Å². The zero-order valence-electron chi connectivity index (χ0n) is 9.28. The molecule has 4 heteroatoms. The first-order valence-electron chi connectivity index (χ1n) is 5.09. The molecule has 0 aromatic carbocycles. The summed E-state index contributed by atoms with van der Waals surface area (Å²) >= 11 is 1.77. The zero-order valence-corrected chi connectivity index (χ0v) is 10.1. The van der Waals surface area contributed by atoms with Crippen molar-refractivity contribution in [3.8, 4) is 0 Å². The molecule has 2 unspecified atom stereocenters. The summed E-state index contributed by atoms with van der Waals surface area (Å²) in [5.41, 5.74) is 7.23. The molecule has 1 aliphatic rings. The van der Waals surface area contributed by atoms with Crippen LogP contribution in [0.5, 0.6) is 0 Å². The summed E-state index contributed by atoms with van der Waals surface area (Å²) in [6.07, 6.45) is 0.468. The monoisotopic (exact) mass is 224 g/mol. The fourth-order valence-electron chi connectivity index (χ4n) is 2.28. The average Bonchev–Trinajstić information content (AvgIpc) is 2.56. The van der Waals surface area contributed by atoms with Gasteiger partial charge in [0.2, 0.25) is 5.91 Å². The molecule has 3 nitrogen and oxygen atoms in total. The van der Waals surface area contributed by atoms with Crippen molar-refractivity contribution < 1.29 is 4.79 Å². The zero-order chi connectivity index (χ0) is 11.2. The number of thiophene rings is 1. The van der Waals surface area contributed by atoms with Crippen LogP contribution in [0.3, 0.4) is 0 Å². The predicted molar refractivity (Wildman–Crippen MR) is 61.9 cm³/mol. The van der Waals surface area contributed by atoms with Crippen LogP contribution in [-0.4, -0.2) is 23.9 Å². The van der Waals surface area contributed by atoms with Gasteiger partial charge in [0.1, 0.15) is 0 Å². The van der Waals surface area contributed by atoms with E-state index in [9.17, 15) is 4.79 Å². The molecule has 0 radical (unpaired) electrons. The predicted octanol–water partition coefficient (Wildman–Crippen LogP) is 1.60. The molecule has 2 heterocycles. The smallest absolute Gasteiger partial charge is 0.224 e. The minimum atomic E-state index is -0.0600. The quantitative estimate of drug-likeness (QED) is 0.787. The highest BCUT2D eigenvalue weighted by molar-refractivity contribution is 7.12. The van der Waals surface area contributed by atoms with Gasteiger partial charge in [0, 0.05) is 29.3 Å². The number of likely N-dealkylation sites (N-methyl/N-ethyl adjacent to an activating group) is 1. The van der Waals surface area contributed by atoms with Crippen molar-refractivity contribution >= 4 is 17.2 Å². The van der Waals surface area contributed by atoms with E-state index in [4.69, 9.17) is 5.73 Å². The molecule has 0 aliphatic carbocycles. The Balaban J connectivity index is 2.38. The van der Waals surface area contributed by atoms with E-state index in [1.807, 2.05) is 7.05 Å². The molecule has 1 aliphatic heterocycles. The van der Waals surface area contributed by atoms with Crippen LogP contribution in [0.2, 0.25) is 0 Å². The number of amides is 1. The third kappa shape index (κ3) is 1.68. The van der Waals surface area contributed by atoms with Gasteiger partial charge < -0.3 is 10.6 Å². The fourth-order valence-corrected chi connectivity index (χ4v) is 3.25. The van der Waals surface area contributed by atoms with Crippen LogP contribution in [0, 0.1) is 13.8 Å². The Morgan fingerprint density at radius 2 is 2.20 bits per heavy atom. The fraction of sp³-hybridized carbons (Fsp3) is 0.545. The molecule has 15 heavy (non-hydrogen) atoms. The van der Waals surface area contributed by atoms with Crippen molar-refractivity contribution in [1.82, 2.24) is 4.90 Å². The topological polar surface area (TPSA) is 46.3 Å². The Morgan fingerprint density at radius 3 is 2.60 bits per heavy atom. The molecule has 0 saturated carbocycles. The summed E-state index contributed by atoms with van der Waals surface area (Å²) in [4.78, 5) is 15.9. The van der Waals surface area contributed by atoms with E-state index in [1.165, 1.54) is 15.3 Å². The molecule has 1 amide bonds. The van der Waals surface area contributed by atoms with E-state index in [1.54, 1.807) is 16.2 Å². The van der Waals surface area contributed by atoms with Crippen LogP contribution >= 0.6 is 11.3 Å². The molecule has 1 saturated heterocycles. The van der Waals surface area contributed by atoms with E-state index in [2.05, 4.69) is 19.9 Å². The number of hydrogen-bond donors (Lipinski definition) is 1. The maximum absolute atomic E-state index is 11.5. The van der Waals surface area contributed by atoms with E-state index >= 15 is 0 Å². The molecule has 1 aromatic heterocycles. The molecular formula is C11H16N2OS. The maximum atomic E-state index is 11.5. The van der Waals surface area contributed by atoms with E-state index < -0.39 is 0 Å². The van der Waals surface area contributed by atoms with E-state index in [0.717, 1.165) is 0 Å². The summed E-state index contributed by atoms with van der Waals surface area (Å²) in [6.45, 7) is 4.18. The van der Waals surface area contributed by atoms with Crippen molar-refractivity contribution in [1.29, 1.82) is 0 Å². The number of likely N-dealkylation sites (tertiary alicyclic amines) is 1. The molecule has 2 rings (SSSR count). The van der Waals surface area contributed by atoms with Gasteiger partial charge in [-0.1, -0.05) is 0 Å². The number of rotatable bonds is 1. The lowest BCUT2D eigenvalue weighted by Gasteiger charge is -2.22. The number of nitrogens with two attached hydrogens (primary N) is 1. The third-order valence-electron chi connectivity index (χ3n) is 3.02. The Hall–Kier alpha value is -0.870. The summed E-state index contributed by atoms with van der Waals surface area (Å²) in [7, 11) is 1.84. The first-order chi connectivity index (χ1) is 7.00. The SMILES string of the molecule is Cc1cc(C2C(N)CC(=O)N2C)c(C)s1. The average molecular weight is 224 g/mol. The van der Waals surface area contributed by atoms with Gasteiger partial charge >= 0.3 is 0 Å². The number of nitrogens with zero attached hydrogens (tertiary/aromatic N) is 1. The number of carbonyl (C=O) groups excluding carboxylic acids is 1. The summed E-state index contributed by atoms with van der Waals surface area (Å²) in [5, 5.41) is 0. The highest BCUT2D eigenvalue weighted by Gasteiger charge is 2.37. The first-order valence-corrected chi connectivity index (χ1v) is 5.90. The molecule has 2 N–H and O–H groups in total. The summed E-state index contributed by atoms with van der Waals surface area (Å²) in [6, 6.07) is 2.16. The number of hydrogen-bond acceptors (Lipinski definition) is 3. The molecular weight excluding hydrogens is 208 g/mol. The summed E-state index contributed by atoms with van der Waals surface area (Å²) < 4.78 is 0. The Kier molecular flexibility index (Phi) is 2.56. The maximum Gasteiger partial charge on any atom is 0.224 e. The third-order valence-corrected chi connectivity index (χ3v) is 4.01. The second-order valence-corrected chi connectivity index (χ2v) is 5.65. The number of aryl methyl sites for hydroxylation is 2. The van der Waals surface area contributed by atoms with Crippen LogP contribution in [0.15, 0.2) is 6.07 Å². The van der Waals surface area contributed by atoms with Crippen molar-refractivity contribution in [3.05, 3.63) is 21.4 Å². The van der Waals surface area contributed by atoms with Crippen LogP contribution in [0.4, 0.5) is 0 Å². The molecule has 0 spiro atoms. The normalized spacial score (nSPS) is 26.4. The Morgan fingerprint density at radius 1 is 1.53 bits per heavy atom. The van der Waals surface area contributed by atoms with Gasteiger partial charge in [0.05, 0.1) is 6.04 Å². The van der Waals surface area contributed by atoms with Crippen molar-refractivity contribution in [3.63, 3.8) is 0 Å². The molecule has 1 aromatic rings. The number of carbonyl (C=O) groups is 1. The standard InChI is InChI=1S/C11H16N2OS/c1-6-4-8(7(2)15-6)11-9(12)5-10(14)13(11)3/h4,9,11H,5,12H2,1-3H3. The van der Waals surface area contributed by atoms with Gasteiger partial charge in [-0.05, 0) is 25.5 Å². The van der Waals surface area contributed by atoms with Crippen molar-refractivity contribution in [2.45, 2.75) is 32.4 Å². The Bertz CT molecular complexity index is 399. The second kappa shape index (κ2) is 3.61. The minimum Gasteiger partial charge on any atom is -0.337 e. The molecule has 2 atom stereocenters. The Labute approximate surface area is 93.9 Å². The first kappa shape index (κ1) is 10.6. The van der Waals surface area contributed by atoms with Crippen LogP contribution in [0.25, 0.3) is 0 Å². The second-order valence-electron chi connectivity index (χ2n) is 4.19. The molecule has 1 fully saturated rings. The summed E-state index contributed by atoms with van der Waals surface area (Å²) in [5.74, 6) is 0.149. The van der Waals surface area contributed by atoms with Crippen LogP contribution in [0.1, 0.15) is 27.8 Å². The highest BCUT2D eigenvalue weighted by atomic mass is 32.1. The lowest BCUT2D eigenvalue weighted by atomic mass is 10.0. The van der Waals surface area contributed by atoms with Gasteiger partial charge in [0.15, 0.2) is 0 Å². The molecule has 0 bridgehead atoms. The van der Waals surface area contributed by atoms with Crippen LogP contribution < -0.4 is 5.73 Å². The lowest BCUT2D eigenvalue weighted by Crippen LogP contribution is -2.30. The van der Waals surface area contributed by atoms with Gasteiger partial charge in [-0.3, -0.25) is 4.79 Å². The lowest BCUT2D eigenvalue weighted by molar-refractivity contribution is -0.127. The molecule has 82 valence electrons. The van der Waals surface area contributed by atoms with Gasteiger partial charge in [0.25, 0.3) is 0 Å². The van der Waals surface area contributed by atoms with Crippen molar-refractivity contribution in [2.75, 3.05) is 7.05 Å².